The van der Waals surface area contributed by atoms with Gasteiger partial charge in [0.15, 0.2) is 0 Å². The number of fused-ring (bicyclic) bond motifs is 2. The average molecular weight is 1020 g/mol. The Kier molecular flexibility index (Phi) is 19.3. The number of nitrogen functional groups attached to an aromatic ring is 1. The van der Waals surface area contributed by atoms with E-state index in [1.54, 1.807) is 24.9 Å². The van der Waals surface area contributed by atoms with Gasteiger partial charge in [0, 0.05) is 74.6 Å². The number of aromatic nitrogens is 2. The highest BCUT2D eigenvalue weighted by atomic mass is 35.5. The van der Waals surface area contributed by atoms with E-state index < -0.39 is 33.8 Å². The van der Waals surface area contributed by atoms with E-state index in [0.717, 1.165) is 68.0 Å². The first-order valence-electron chi connectivity index (χ1n) is 21.9. The van der Waals surface area contributed by atoms with E-state index in [9.17, 15) is 23.5 Å². The van der Waals surface area contributed by atoms with Crippen LogP contribution in [0.1, 0.15) is 31.8 Å². The highest BCUT2D eigenvalue weighted by Gasteiger charge is 2.18. The number of methoxy groups -OCH3 is 1. The Labute approximate surface area is 413 Å². The van der Waals surface area contributed by atoms with Gasteiger partial charge in [0.05, 0.1) is 39.3 Å². The third-order valence-electron chi connectivity index (χ3n) is 10.5. The lowest BCUT2D eigenvalue weighted by Gasteiger charge is -2.16. The van der Waals surface area contributed by atoms with Crippen LogP contribution in [0.3, 0.4) is 0 Å². The Hall–Kier alpha value is -5.14. The monoisotopic (exact) mass is 1020 g/mol. The van der Waals surface area contributed by atoms with Gasteiger partial charge in [0.1, 0.15) is 30.8 Å². The fourth-order valence-corrected chi connectivity index (χ4v) is 9.44. The van der Waals surface area contributed by atoms with Gasteiger partial charge < -0.3 is 39.5 Å². The number of hydrogen-bond acceptors (Lipinski definition) is 7. The Bertz CT molecular complexity index is 2830. The lowest BCUT2D eigenvalue weighted by Crippen LogP contribution is -2.22. The van der Waals surface area contributed by atoms with E-state index in [2.05, 4.69) is 50.7 Å². The van der Waals surface area contributed by atoms with Gasteiger partial charge in [0.25, 0.3) is 5.91 Å². The molecule has 1 amide bonds. The molecule has 17 heteroatoms. The van der Waals surface area contributed by atoms with Gasteiger partial charge in [-0.1, -0.05) is 74.6 Å². The van der Waals surface area contributed by atoms with Crippen molar-refractivity contribution in [3.63, 3.8) is 0 Å². The highest BCUT2D eigenvalue weighted by Crippen LogP contribution is 2.32. The molecule has 68 heavy (non-hydrogen) atoms. The van der Waals surface area contributed by atoms with E-state index in [4.69, 9.17) is 43.1 Å². The molecule has 5 aromatic carbocycles. The second-order valence-corrected chi connectivity index (χ2v) is 31.7. The number of amides is 1. The number of rotatable bonds is 17. The van der Waals surface area contributed by atoms with Gasteiger partial charge in [0.2, 0.25) is 0 Å². The molecule has 0 saturated carbocycles. The molecule has 362 valence electrons. The third-order valence-corrected chi connectivity index (χ3v) is 15.5. The number of aryl methyl sites for hydroxylation is 1. The molecule has 4 N–H and O–H groups in total. The molecule has 0 spiro atoms. The third kappa shape index (κ3) is 16.2. The summed E-state index contributed by atoms with van der Waals surface area (Å²) in [4.78, 5) is 25.7. The van der Waals surface area contributed by atoms with E-state index in [-0.39, 0.29) is 16.0 Å². The number of nitrogens with two attached hydrogens (primary N) is 1. The van der Waals surface area contributed by atoms with Crippen LogP contribution < -0.4 is 15.8 Å². The van der Waals surface area contributed by atoms with Crippen molar-refractivity contribution >= 4 is 96.2 Å². The summed E-state index contributed by atoms with van der Waals surface area (Å²) in [6.45, 7) is 18.2. The van der Waals surface area contributed by atoms with Gasteiger partial charge in [-0.05, 0) is 115 Å². The fraction of sp³-hybridized carbons (Fsp3) is 0.294. The number of anilines is 2. The SMILES string of the molecule is COc1ccc(CSc2cc(C(=O)Nc3ccc(F)c(Cl)c3)c3ccn(COCC[Si](C)(C)C)c3c2)cc1.Cc1cc(C(=O)O)c2ccn(COCC[Si](C)(C)C)c2c1.Nc1ccc(F)c(Cl)c1. The molecule has 0 aliphatic carbocycles. The van der Waals surface area contributed by atoms with E-state index in [0.29, 0.717) is 42.6 Å². The Morgan fingerprint density at radius 1 is 0.721 bits per heavy atom. The van der Waals surface area contributed by atoms with E-state index in [1.165, 1.54) is 36.4 Å². The topological polar surface area (TPSA) is 130 Å². The summed E-state index contributed by atoms with van der Waals surface area (Å²) in [7, 11) is -0.621. The summed E-state index contributed by atoms with van der Waals surface area (Å²) >= 11 is 12.9. The van der Waals surface area contributed by atoms with Crippen LogP contribution in [0.4, 0.5) is 20.2 Å². The van der Waals surface area contributed by atoms with Crippen LogP contribution in [0.5, 0.6) is 5.75 Å². The summed E-state index contributed by atoms with van der Waals surface area (Å²) in [6, 6.07) is 29.9. The number of aromatic carboxylic acids is 1. The summed E-state index contributed by atoms with van der Waals surface area (Å²) in [6.07, 6.45) is 3.84. The molecule has 0 atom stereocenters. The standard InChI is InChI=1S/C29H32ClFN2O3SSi.C16H23NO3Si.C6H5ClFN/c1-35-22-8-5-20(6-9-22)18-37-23-16-25(29(34)32-21-7-10-27(31)26(30)15-21)24-11-12-33(28(24)17-23)19-36-13-14-38(2,3)4;1-12-9-14(16(18)19)13-5-6-17(15(13)10-12)11-20-7-8-21(2,3)4;7-5-3-4(9)1-2-6(5)8/h5-12,15-17H,13-14,18-19H2,1-4H3,(H,32,34);5-6,9-10H,7-8,11H2,1-4H3,(H,18,19);1-3H,9H2. The number of nitrogens with zero attached hydrogens (tertiary/aromatic N) is 2. The van der Waals surface area contributed by atoms with Gasteiger partial charge >= 0.3 is 5.97 Å². The van der Waals surface area contributed by atoms with Crippen molar-refractivity contribution in [1.82, 2.24) is 9.13 Å². The number of carboxylic acids is 1. The maximum absolute atomic E-state index is 13.6. The van der Waals surface area contributed by atoms with Crippen LogP contribution in [0.25, 0.3) is 21.8 Å². The molecule has 7 aromatic rings. The van der Waals surface area contributed by atoms with Gasteiger partial charge in [-0.25, -0.2) is 13.6 Å². The van der Waals surface area contributed by atoms with Crippen LogP contribution in [-0.2, 0) is 28.7 Å². The molecule has 0 aliphatic rings. The number of benzene rings is 5. The number of hydrogen-bond donors (Lipinski definition) is 3. The number of nitrogens with one attached hydrogen (secondary N) is 1. The predicted molar refractivity (Wildman–Crippen MR) is 282 cm³/mol. The average Bonchev–Trinajstić information content (AvgIpc) is 3.88. The molecule has 0 bridgehead atoms. The maximum Gasteiger partial charge on any atom is 0.336 e. The molecule has 0 aliphatic heterocycles. The molecule has 0 unspecified atom stereocenters. The Morgan fingerprint density at radius 3 is 1.78 bits per heavy atom. The van der Waals surface area contributed by atoms with E-state index in [1.807, 2.05) is 77.0 Å². The molecule has 2 aromatic heterocycles. The lowest BCUT2D eigenvalue weighted by atomic mass is 10.1. The molecule has 2 heterocycles. The lowest BCUT2D eigenvalue weighted by molar-refractivity contribution is 0.0698. The van der Waals surface area contributed by atoms with Crippen LogP contribution >= 0.6 is 35.0 Å². The zero-order valence-electron chi connectivity index (χ0n) is 39.7. The summed E-state index contributed by atoms with van der Waals surface area (Å²) < 4.78 is 46.9. The number of carbonyl (C=O) groups excluding carboxylic acids is 1. The molecular formula is C51H60Cl2F2N4O6SSi2. The first-order chi connectivity index (χ1) is 32.1. The van der Waals surface area contributed by atoms with Gasteiger partial charge in [-0.3, -0.25) is 4.79 Å². The van der Waals surface area contributed by atoms with Crippen molar-refractivity contribution in [3.05, 3.63) is 153 Å². The number of thioether (sulfide) groups is 1. The van der Waals surface area contributed by atoms with Crippen molar-refractivity contribution in [2.24, 2.45) is 0 Å². The molecule has 10 nitrogen and oxygen atoms in total. The Morgan fingerprint density at radius 2 is 1.26 bits per heavy atom. The first-order valence-corrected chi connectivity index (χ1v) is 31.1. The van der Waals surface area contributed by atoms with Crippen molar-refractivity contribution in [3.8, 4) is 5.75 Å². The Balaban J connectivity index is 0.000000238. The minimum Gasteiger partial charge on any atom is -0.497 e. The first kappa shape index (κ1) is 53.8. The van der Waals surface area contributed by atoms with Crippen LogP contribution in [-0.4, -0.2) is 62.6 Å². The van der Waals surface area contributed by atoms with E-state index >= 15 is 0 Å². The van der Waals surface area contributed by atoms with Crippen LogP contribution in [0, 0.1) is 18.6 Å². The molecule has 0 fully saturated rings. The summed E-state index contributed by atoms with van der Waals surface area (Å²) in [5.41, 5.74) is 11.0. The maximum atomic E-state index is 13.6. The van der Waals surface area contributed by atoms with Gasteiger partial charge in [-0.15, -0.1) is 11.8 Å². The smallest absolute Gasteiger partial charge is 0.336 e. The van der Waals surface area contributed by atoms with Crippen molar-refractivity contribution < 1.29 is 37.7 Å². The number of halogens is 4. The van der Waals surface area contributed by atoms with Crippen LogP contribution in [0.15, 0.2) is 114 Å². The summed E-state index contributed by atoms with van der Waals surface area (Å²) in [5, 5.41) is 13.8. The quantitative estimate of drug-likeness (QED) is 0.0356. The van der Waals surface area contributed by atoms with Crippen molar-refractivity contribution in [2.45, 2.75) is 82.4 Å². The number of carboxylic acid groups (broad SMARTS) is 1. The summed E-state index contributed by atoms with van der Waals surface area (Å²) in [5.74, 6) is -0.603. The normalized spacial score (nSPS) is 11.5. The van der Waals surface area contributed by atoms with Crippen molar-refractivity contribution in [2.75, 3.05) is 31.4 Å². The second kappa shape index (κ2) is 24.4. The molecule has 7 rings (SSSR count). The molecule has 0 radical (unpaired) electrons. The van der Waals surface area contributed by atoms with Crippen molar-refractivity contribution in [1.29, 1.82) is 0 Å². The van der Waals surface area contributed by atoms with Crippen LogP contribution in [0.2, 0.25) is 61.4 Å². The minimum atomic E-state index is -1.19. The number of carbonyl (C=O) groups is 2. The predicted octanol–water partition coefficient (Wildman–Crippen LogP) is 14.3. The number of ether oxygens (including phenoxy) is 3. The zero-order chi connectivity index (χ0) is 49.8. The highest BCUT2D eigenvalue weighted by molar-refractivity contribution is 7.98. The second-order valence-electron chi connectivity index (χ2n) is 18.6. The molecule has 0 saturated heterocycles. The molecular weight excluding hydrogens is 962 g/mol. The largest absolute Gasteiger partial charge is 0.497 e. The zero-order valence-corrected chi connectivity index (χ0v) is 44.1. The fourth-order valence-electron chi connectivity index (χ4n) is 6.63. The minimum absolute atomic E-state index is 0.0432. The van der Waals surface area contributed by atoms with Gasteiger partial charge in [-0.2, -0.15) is 0 Å².